The Morgan fingerprint density at radius 1 is 0.297 bits per heavy atom. The summed E-state index contributed by atoms with van der Waals surface area (Å²) in [7, 11) is 0. The van der Waals surface area contributed by atoms with Crippen molar-refractivity contribution in [1.29, 1.82) is 0 Å². The molecular formula is C67H55N7. The lowest BCUT2D eigenvalue weighted by molar-refractivity contribution is 0.917. The van der Waals surface area contributed by atoms with Crippen molar-refractivity contribution in [3.05, 3.63) is 268 Å². The molecule has 0 unspecified atom stereocenters. The molecule has 0 N–H and O–H groups in total. The summed E-state index contributed by atoms with van der Waals surface area (Å²) in [5.41, 5.74) is 20.1. The molecule has 11 rings (SSSR count). The second-order valence-electron chi connectivity index (χ2n) is 19.1. The van der Waals surface area contributed by atoms with Gasteiger partial charge < -0.3 is 0 Å². The van der Waals surface area contributed by atoms with Crippen LogP contribution in [0.1, 0.15) is 56.0 Å². The molecule has 0 aliphatic rings. The standard InChI is InChI=1S/C67H55N7/c1-43-39-45(3)59(46(4)40-43)61(60-47(5)41-44(2)42-48(60)6)51-35-37-56(38-36-51)74(66-70-62(52-23-13-8-14-24-52)68-63(71-66)53-25-15-9-16-26-53)67-72-64(54-27-17-10-18-28-54)69-65(73-67)55-33-31-50(32-34-55)58-30-20-19-29-57(58)49-21-11-7-12-22-49/h7-42,61H,1-6H3. The van der Waals surface area contributed by atoms with E-state index in [4.69, 9.17) is 29.9 Å². The third-order valence-corrected chi connectivity index (χ3v) is 13.7. The Bertz CT molecular complexity index is 3610. The maximum Gasteiger partial charge on any atom is 0.241 e. The van der Waals surface area contributed by atoms with Gasteiger partial charge in [-0.2, -0.15) is 19.9 Å². The summed E-state index contributed by atoms with van der Waals surface area (Å²) in [6, 6.07) is 75.7. The van der Waals surface area contributed by atoms with Crippen LogP contribution in [-0.2, 0) is 0 Å². The second-order valence-corrected chi connectivity index (χ2v) is 19.1. The summed E-state index contributed by atoms with van der Waals surface area (Å²) in [5.74, 6) is 2.77. The van der Waals surface area contributed by atoms with Crippen LogP contribution in [0.4, 0.5) is 17.6 Å². The number of hydrogen-bond donors (Lipinski definition) is 0. The molecular weight excluding hydrogens is 903 g/mol. The first-order valence-corrected chi connectivity index (χ1v) is 25.1. The summed E-state index contributed by atoms with van der Waals surface area (Å²) >= 11 is 0. The van der Waals surface area contributed by atoms with Gasteiger partial charge in [-0.3, -0.25) is 0 Å². The van der Waals surface area contributed by atoms with Crippen LogP contribution in [0.25, 0.3) is 67.8 Å². The summed E-state index contributed by atoms with van der Waals surface area (Å²) in [6.07, 6.45) is 0. The average molecular weight is 958 g/mol. The van der Waals surface area contributed by atoms with Crippen molar-refractivity contribution >= 4 is 17.6 Å². The van der Waals surface area contributed by atoms with E-state index in [0.29, 0.717) is 35.2 Å². The molecule has 0 radical (unpaired) electrons. The third kappa shape index (κ3) is 9.63. The number of anilines is 3. The first-order chi connectivity index (χ1) is 36.1. The Labute approximate surface area is 434 Å². The zero-order valence-electron chi connectivity index (χ0n) is 42.5. The summed E-state index contributed by atoms with van der Waals surface area (Å²) in [4.78, 5) is 33.5. The van der Waals surface area contributed by atoms with E-state index in [9.17, 15) is 0 Å². The molecule has 74 heavy (non-hydrogen) atoms. The van der Waals surface area contributed by atoms with Gasteiger partial charge in [-0.1, -0.05) is 217 Å². The van der Waals surface area contributed by atoms with Gasteiger partial charge in [0.15, 0.2) is 23.3 Å². The Morgan fingerprint density at radius 2 is 0.595 bits per heavy atom. The molecule has 7 nitrogen and oxygen atoms in total. The van der Waals surface area contributed by atoms with E-state index >= 15 is 0 Å². The maximum atomic E-state index is 5.37. The zero-order valence-corrected chi connectivity index (χ0v) is 42.5. The van der Waals surface area contributed by atoms with Crippen LogP contribution >= 0.6 is 0 Å². The predicted octanol–water partition coefficient (Wildman–Crippen LogP) is 16.6. The number of benzene rings is 9. The summed E-state index contributed by atoms with van der Waals surface area (Å²) in [6.45, 7) is 13.3. The van der Waals surface area contributed by atoms with E-state index in [1.54, 1.807) is 0 Å². The highest BCUT2D eigenvalue weighted by Gasteiger charge is 2.28. The first-order valence-electron chi connectivity index (χ1n) is 25.1. The van der Waals surface area contributed by atoms with Crippen molar-refractivity contribution < 1.29 is 0 Å². The minimum absolute atomic E-state index is 0.0265. The second kappa shape index (κ2) is 20.5. The molecule has 0 aliphatic heterocycles. The normalized spacial score (nSPS) is 11.2. The van der Waals surface area contributed by atoms with Crippen molar-refractivity contribution in [2.24, 2.45) is 0 Å². The highest BCUT2D eigenvalue weighted by Crippen LogP contribution is 2.42. The van der Waals surface area contributed by atoms with Crippen molar-refractivity contribution in [3.8, 4) is 67.8 Å². The molecule has 0 atom stereocenters. The topological polar surface area (TPSA) is 80.6 Å². The predicted molar refractivity (Wildman–Crippen MR) is 303 cm³/mol. The van der Waals surface area contributed by atoms with Gasteiger partial charge in [-0.05, 0) is 115 Å². The van der Waals surface area contributed by atoms with Crippen LogP contribution in [0.15, 0.2) is 218 Å². The quantitative estimate of drug-likeness (QED) is 0.113. The molecule has 0 amide bonds. The van der Waals surface area contributed by atoms with Gasteiger partial charge >= 0.3 is 0 Å². The van der Waals surface area contributed by atoms with Crippen molar-refractivity contribution in [2.45, 2.75) is 47.5 Å². The highest BCUT2D eigenvalue weighted by atomic mass is 15.4. The van der Waals surface area contributed by atoms with E-state index in [1.807, 2.05) is 102 Å². The van der Waals surface area contributed by atoms with Gasteiger partial charge in [0.2, 0.25) is 11.9 Å². The molecule has 2 aromatic heterocycles. The average Bonchev–Trinajstić information content (AvgIpc) is 3.43. The number of rotatable bonds is 12. The van der Waals surface area contributed by atoms with Crippen molar-refractivity contribution in [2.75, 3.05) is 4.90 Å². The van der Waals surface area contributed by atoms with Crippen LogP contribution in [0, 0.1) is 41.5 Å². The fraction of sp³-hybridized carbons (Fsp3) is 0.104. The number of aryl methyl sites for hydroxylation is 6. The molecule has 0 bridgehead atoms. The van der Waals surface area contributed by atoms with E-state index in [0.717, 1.165) is 50.2 Å². The molecule has 0 spiro atoms. The maximum absolute atomic E-state index is 5.37. The fourth-order valence-electron chi connectivity index (χ4n) is 10.5. The molecule has 2 heterocycles. The van der Waals surface area contributed by atoms with Gasteiger partial charge in [0.25, 0.3) is 0 Å². The summed E-state index contributed by atoms with van der Waals surface area (Å²) in [5, 5.41) is 0. The lowest BCUT2D eigenvalue weighted by atomic mass is 9.77. The first kappa shape index (κ1) is 47.1. The Morgan fingerprint density at radius 3 is 0.959 bits per heavy atom. The van der Waals surface area contributed by atoms with Crippen molar-refractivity contribution in [1.82, 2.24) is 29.9 Å². The molecule has 0 saturated heterocycles. The lowest BCUT2D eigenvalue weighted by Gasteiger charge is -2.28. The fourth-order valence-corrected chi connectivity index (χ4v) is 10.5. The van der Waals surface area contributed by atoms with Crippen LogP contribution in [-0.4, -0.2) is 29.9 Å². The van der Waals surface area contributed by atoms with Crippen LogP contribution in [0.3, 0.4) is 0 Å². The largest absolute Gasteiger partial charge is 0.246 e. The molecule has 0 saturated carbocycles. The van der Waals surface area contributed by atoms with E-state index in [1.165, 1.54) is 50.1 Å². The van der Waals surface area contributed by atoms with Gasteiger partial charge in [-0.15, -0.1) is 0 Å². The zero-order chi connectivity index (χ0) is 50.7. The minimum atomic E-state index is -0.0265. The van der Waals surface area contributed by atoms with Crippen LogP contribution in [0.2, 0.25) is 0 Å². The molecule has 11 aromatic rings. The van der Waals surface area contributed by atoms with E-state index < -0.39 is 0 Å². The monoisotopic (exact) mass is 957 g/mol. The molecule has 358 valence electrons. The molecule has 7 heteroatoms. The lowest BCUT2D eigenvalue weighted by Crippen LogP contribution is -2.19. The van der Waals surface area contributed by atoms with Gasteiger partial charge in [0.05, 0.1) is 5.69 Å². The highest BCUT2D eigenvalue weighted by molar-refractivity contribution is 5.84. The SMILES string of the molecule is Cc1cc(C)c(C(c2ccc(N(c3nc(-c4ccccc4)nc(-c4ccccc4)n3)c3nc(-c4ccccc4)nc(-c4ccc(-c5ccccc5-c5ccccc5)cc4)n3)cc2)c2c(C)cc(C)cc2C)c(C)c1. The van der Waals surface area contributed by atoms with Crippen LogP contribution < -0.4 is 4.90 Å². The number of nitrogens with zero attached hydrogens (tertiary/aromatic N) is 7. The molecule has 0 aliphatic carbocycles. The Balaban J connectivity index is 1.12. The Hall–Kier alpha value is -9.20. The van der Waals surface area contributed by atoms with E-state index in [2.05, 4.69) is 163 Å². The van der Waals surface area contributed by atoms with Crippen molar-refractivity contribution in [3.63, 3.8) is 0 Å². The van der Waals surface area contributed by atoms with Gasteiger partial charge in [0.1, 0.15) is 0 Å². The Kier molecular flexibility index (Phi) is 13.1. The van der Waals surface area contributed by atoms with Gasteiger partial charge in [0, 0.05) is 28.2 Å². The summed E-state index contributed by atoms with van der Waals surface area (Å²) < 4.78 is 0. The minimum Gasteiger partial charge on any atom is -0.246 e. The number of hydrogen-bond acceptors (Lipinski definition) is 7. The third-order valence-electron chi connectivity index (χ3n) is 13.7. The van der Waals surface area contributed by atoms with Crippen LogP contribution in [0.5, 0.6) is 0 Å². The number of aromatic nitrogens is 6. The molecule has 9 aromatic carbocycles. The van der Waals surface area contributed by atoms with E-state index in [-0.39, 0.29) is 5.92 Å². The van der Waals surface area contributed by atoms with Gasteiger partial charge in [-0.25, -0.2) is 14.9 Å². The smallest absolute Gasteiger partial charge is 0.241 e. The molecule has 0 fully saturated rings.